The molecule has 0 aliphatic rings. The highest BCUT2D eigenvalue weighted by atomic mass is 19.4. The van der Waals surface area contributed by atoms with Crippen LogP contribution in [0, 0.1) is 11.3 Å². The Morgan fingerprint density at radius 1 is 1.44 bits per heavy atom. The number of hydrogen-bond acceptors (Lipinski definition) is 3. The summed E-state index contributed by atoms with van der Waals surface area (Å²) in [6.07, 6.45) is -4.85. The van der Waals surface area contributed by atoms with E-state index in [0.29, 0.717) is 6.42 Å². The maximum Gasteiger partial charge on any atom is 0.417 e. The fraction of sp³-hybridized carbons (Fsp3) is 0.417. The normalized spacial score (nSPS) is 12.9. The fourth-order valence-electron chi connectivity index (χ4n) is 1.29. The highest BCUT2D eigenvalue weighted by Gasteiger charge is 2.34. The zero-order valence-electron chi connectivity index (χ0n) is 9.66. The van der Waals surface area contributed by atoms with Gasteiger partial charge in [-0.2, -0.15) is 18.4 Å². The maximum atomic E-state index is 12.6. The number of nitriles is 1. The van der Waals surface area contributed by atoms with Crippen molar-refractivity contribution in [2.45, 2.75) is 25.6 Å². The Balaban J connectivity index is 2.88. The summed E-state index contributed by atoms with van der Waals surface area (Å²) in [7, 11) is 0. The smallest absolute Gasteiger partial charge is 0.417 e. The number of nitrogens with zero attached hydrogens (tertiary/aromatic N) is 1. The lowest BCUT2D eigenvalue weighted by molar-refractivity contribution is -0.137. The van der Waals surface area contributed by atoms with Crippen molar-refractivity contribution in [3.05, 3.63) is 29.3 Å². The largest absolute Gasteiger partial charge is 0.493 e. The SMILES string of the molecule is CC(O)CCOc1ccc(C#N)c(C(F)(F)F)c1. The number of aliphatic hydroxyl groups excluding tert-OH is 1. The molecule has 1 N–H and O–H groups in total. The lowest BCUT2D eigenvalue weighted by Gasteiger charge is -2.12. The van der Waals surface area contributed by atoms with Crippen molar-refractivity contribution in [1.82, 2.24) is 0 Å². The standard InChI is InChI=1S/C12H12F3NO2/c1-8(17)4-5-18-10-3-2-9(7-16)11(6-10)12(13,14)15/h2-3,6,8,17H,4-5H2,1H3. The van der Waals surface area contributed by atoms with Gasteiger partial charge in [-0.05, 0) is 25.1 Å². The summed E-state index contributed by atoms with van der Waals surface area (Å²) in [6.45, 7) is 1.67. The first-order chi connectivity index (χ1) is 8.34. The Labute approximate surface area is 102 Å². The average Bonchev–Trinajstić information content (AvgIpc) is 2.27. The van der Waals surface area contributed by atoms with E-state index in [4.69, 9.17) is 15.1 Å². The Hall–Kier alpha value is -1.74. The summed E-state index contributed by atoms with van der Waals surface area (Å²) in [5.74, 6) is 0.0296. The quantitative estimate of drug-likeness (QED) is 0.904. The number of halogens is 3. The van der Waals surface area contributed by atoms with Crippen molar-refractivity contribution >= 4 is 0 Å². The predicted octanol–water partition coefficient (Wildman–Crippen LogP) is 2.73. The van der Waals surface area contributed by atoms with Crippen LogP contribution in [-0.2, 0) is 6.18 Å². The molecule has 6 heteroatoms. The molecule has 0 aliphatic heterocycles. The van der Waals surface area contributed by atoms with Crippen molar-refractivity contribution in [3.63, 3.8) is 0 Å². The molecule has 0 aromatic heterocycles. The van der Waals surface area contributed by atoms with Gasteiger partial charge in [-0.15, -0.1) is 0 Å². The van der Waals surface area contributed by atoms with Gasteiger partial charge in [-0.25, -0.2) is 0 Å². The monoisotopic (exact) mass is 259 g/mol. The van der Waals surface area contributed by atoms with Crippen LogP contribution < -0.4 is 4.74 Å². The molecule has 0 aliphatic carbocycles. The van der Waals surface area contributed by atoms with Gasteiger partial charge in [-0.3, -0.25) is 0 Å². The van der Waals surface area contributed by atoms with E-state index >= 15 is 0 Å². The van der Waals surface area contributed by atoms with E-state index in [1.54, 1.807) is 6.92 Å². The van der Waals surface area contributed by atoms with E-state index in [0.717, 1.165) is 12.1 Å². The van der Waals surface area contributed by atoms with Crippen molar-refractivity contribution in [2.24, 2.45) is 0 Å². The molecule has 1 atom stereocenters. The third-order valence-corrected chi connectivity index (χ3v) is 2.22. The second kappa shape index (κ2) is 5.74. The molecule has 3 nitrogen and oxygen atoms in total. The summed E-state index contributed by atoms with van der Waals surface area (Å²) in [5, 5.41) is 17.6. The molecule has 1 unspecified atom stereocenters. The third-order valence-electron chi connectivity index (χ3n) is 2.22. The van der Waals surface area contributed by atoms with Gasteiger partial charge >= 0.3 is 6.18 Å². The Morgan fingerprint density at radius 3 is 2.61 bits per heavy atom. The lowest BCUT2D eigenvalue weighted by Crippen LogP contribution is -2.10. The minimum atomic E-state index is -4.59. The van der Waals surface area contributed by atoms with E-state index in [2.05, 4.69) is 0 Å². The topological polar surface area (TPSA) is 53.2 Å². The molecule has 0 fully saturated rings. The predicted molar refractivity (Wildman–Crippen MR) is 58.0 cm³/mol. The van der Waals surface area contributed by atoms with Gasteiger partial charge in [-0.1, -0.05) is 0 Å². The zero-order chi connectivity index (χ0) is 13.8. The van der Waals surface area contributed by atoms with Crippen LogP contribution in [0.2, 0.25) is 0 Å². The molecule has 0 saturated carbocycles. The summed E-state index contributed by atoms with van der Waals surface area (Å²) in [6, 6.07) is 4.65. The van der Waals surface area contributed by atoms with Crippen molar-refractivity contribution in [1.29, 1.82) is 5.26 Å². The zero-order valence-corrected chi connectivity index (χ0v) is 9.66. The van der Waals surface area contributed by atoms with Gasteiger partial charge in [0.1, 0.15) is 5.75 Å². The number of benzene rings is 1. The second-order valence-corrected chi connectivity index (χ2v) is 3.80. The van der Waals surface area contributed by atoms with Crippen molar-refractivity contribution in [2.75, 3.05) is 6.61 Å². The molecule has 0 spiro atoms. The van der Waals surface area contributed by atoms with Crippen molar-refractivity contribution in [3.8, 4) is 11.8 Å². The molecule has 0 bridgehead atoms. The first-order valence-corrected chi connectivity index (χ1v) is 5.27. The first-order valence-electron chi connectivity index (χ1n) is 5.27. The Morgan fingerprint density at radius 2 is 2.11 bits per heavy atom. The second-order valence-electron chi connectivity index (χ2n) is 3.80. The summed E-state index contributed by atoms with van der Waals surface area (Å²) < 4.78 is 42.9. The highest BCUT2D eigenvalue weighted by Crippen LogP contribution is 2.34. The maximum absolute atomic E-state index is 12.6. The van der Waals surface area contributed by atoms with Gasteiger partial charge < -0.3 is 9.84 Å². The van der Waals surface area contributed by atoms with Gasteiger partial charge in [0.2, 0.25) is 0 Å². The molecule has 18 heavy (non-hydrogen) atoms. The number of rotatable bonds is 4. The van der Waals surface area contributed by atoms with Crippen LogP contribution in [0.5, 0.6) is 5.75 Å². The number of aliphatic hydroxyl groups is 1. The average molecular weight is 259 g/mol. The van der Waals surface area contributed by atoms with Crippen LogP contribution in [0.25, 0.3) is 0 Å². The minimum Gasteiger partial charge on any atom is -0.493 e. The lowest BCUT2D eigenvalue weighted by atomic mass is 10.1. The third kappa shape index (κ3) is 3.93. The van der Waals surface area contributed by atoms with Crippen LogP contribution >= 0.6 is 0 Å². The molecule has 0 amide bonds. The van der Waals surface area contributed by atoms with Gasteiger partial charge in [0.05, 0.1) is 29.9 Å². The van der Waals surface area contributed by atoms with Crippen LogP contribution in [0.15, 0.2) is 18.2 Å². The van der Waals surface area contributed by atoms with Gasteiger partial charge in [0.15, 0.2) is 0 Å². The molecule has 0 radical (unpaired) electrons. The summed E-state index contributed by atoms with van der Waals surface area (Å²) >= 11 is 0. The minimum absolute atomic E-state index is 0.0296. The van der Waals surface area contributed by atoms with E-state index in [1.807, 2.05) is 0 Å². The van der Waals surface area contributed by atoms with Crippen molar-refractivity contribution < 1.29 is 23.0 Å². The number of alkyl halides is 3. The molecule has 0 heterocycles. The molecule has 1 rings (SSSR count). The van der Waals surface area contributed by atoms with E-state index < -0.39 is 23.4 Å². The van der Waals surface area contributed by atoms with E-state index in [1.165, 1.54) is 12.1 Å². The van der Waals surface area contributed by atoms with E-state index in [9.17, 15) is 13.2 Å². The molecule has 0 saturated heterocycles. The van der Waals surface area contributed by atoms with E-state index in [-0.39, 0.29) is 12.4 Å². The van der Waals surface area contributed by atoms with Crippen LogP contribution in [0.4, 0.5) is 13.2 Å². The first kappa shape index (κ1) is 14.3. The number of hydrogen-bond donors (Lipinski definition) is 1. The molecular formula is C12H12F3NO2. The highest BCUT2D eigenvalue weighted by molar-refractivity contribution is 5.44. The summed E-state index contributed by atoms with van der Waals surface area (Å²) in [5.41, 5.74) is -1.45. The molecule has 1 aromatic rings. The van der Waals surface area contributed by atoms with Gasteiger partial charge in [0.25, 0.3) is 0 Å². The van der Waals surface area contributed by atoms with Crippen LogP contribution in [-0.4, -0.2) is 17.8 Å². The van der Waals surface area contributed by atoms with Crippen LogP contribution in [0.1, 0.15) is 24.5 Å². The van der Waals surface area contributed by atoms with Gasteiger partial charge in [0, 0.05) is 6.42 Å². The summed E-state index contributed by atoms with van der Waals surface area (Å²) in [4.78, 5) is 0. The fourth-order valence-corrected chi connectivity index (χ4v) is 1.29. The Kier molecular flexibility index (Phi) is 4.56. The molecule has 98 valence electrons. The molecule has 1 aromatic carbocycles. The number of ether oxygens (including phenoxy) is 1. The van der Waals surface area contributed by atoms with Crippen LogP contribution in [0.3, 0.4) is 0 Å². The Bertz CT molecular complexity index is 450. The molecular weight excluding hydrogens is 247 g/mol.